The SMILES string of the molecule is OC1(c2ccccc2)C=CCC1. The minimum Gasteiger partial charge on any atom is -0.381 e. The normalized spacial score (nSPS) is 27.8. The lowest BCUT2D eigenvalue weighted by atomic mass is 9.94. The maximum absolute atomic E-state index is 10.1. The van der Waals surface area contributed by atoms with Crippen molar-refractivity contribution < 1.29 is 5.11 Å². The van der Waals surface area contributed by atoms with Crippen LogP contribution >= 0.6 is 0 Å². The van der Waals surface area contributed by atoms with Crippen molar-refractivity contribution in [3.8, 4) is 0 Å². The minimum absolute atomic E-state index is 0.693. The highest BCUT2D eigenvalue weighted by Gasteiger charge is 2.27. The number of aliphatic hydroxyl groups is 1. The van der Waals surface area contributed by atoms with E-state index in [0.29, 0.717) is 0 Å². The van der Waals surface area contributed by atoms with Crippen molar-refractivity contribution in [1.82, 2.24) is 0 Å². The second-order valence-electron chi connectivity index (χ2n) is 3.23. The zero-order valence-corrected chi connectivity index (χ0v) is 6.90. The van der Waals surface area contributed by atoms with Crippen LogP contribution in [0.2, 0.25) is 0 Å². The Morgan fingerprint density at radius 1 is 1.17 bits per heavy atom. The molecule has 0 fully saturated rings. The van der Waals surface area contributed by atoms with Crippen molar-refractivity contribution in [2.45, 2.75) is 18.4 Å². The number of hydrogen-bond donors (Lipinski definition) is 1. The lowest BCUT2D eigenvalue weighted by molar-refractivity contribution is 0.0895. The molecule has 0 amide bonds. The lowest BCUT2D eigenvalue weighted by Gasteiger charge is -2.20. The van der Waals surface area contributed by atoms with Crippen molar-refractivity contribution in [2.75, 3.05) is 0 Å². The van der Waals surface area contributed by atoms with Gasteiger partial charge in [-0.05, 0) is 18.4 Å². The average molecular weight is 160 g/mol. The largest absolute Gasteiger partial charge is 0.381 e. The second kappa shape index (κ2) is 2.76. The quantitative estimate of drug-likeness (QED) is 0.624. The van der Waals surface area contributed by atoms with Gasteiger partial charge in [0.1, 0.15) is 5.60 Å². The third-order valence-electron chi connectivity index (χ3n) is 2.36. The number of rotatable bonds is 1. The van der Waals surface area contributed by atoms with Gasteiger partial charge in [0.05, 0.1) is 0 Å². The molecule has 1 atom stereocenters. The van der Waals surface area contributed by atoms with E-state index in [1.54, 1.807) is 0 Å². The van der Waals surface area contributed by atoms with Gasteiger partial charge >= 0.3 is 0 Å². The van der Waals surface area contributed by atoms with Crippen LogP contribution in [0.15, 0.2) is 42.5 Å². The molecule has 0 spiro atoms. The summed E-state index contributed by atoms with van der Waals surface area (Å²) >= 11 is 0. The van der Waals surface area contributed by atoms with Crippen LogP contribution in [0.1, 0.15) is 18.4 Å². The molecular formula is C11H12O. The Morgan fingerprint density at radius 3 is 2.50 bits per heavy atom. The first kappa shape index (κ1) is 7.56. The Kier molecular flexibility index (Phi) is 1.74. The molecule has 1 N–H and O–H groups in total. The lowest BCUT2D eigenvalue weighted by Crippen LogP contribution is -2.19. The first-order valence-corrected chi connectivity index (χ1v) is 4.27. The highest BCUT2D eigenvalue weighted by molar-refractivity contribution is 5.29. The van der Waals surface area contributed by atoms with Crippen LogP contribution in [0.5, 0.6) is 0 Å². The third-order valence-corrected chi connectivity index (χ3v) is 2.36. The Bertz CT molecular complexity index is 289. The first-order valence-electron chi connectivity index (χ1n) is 4.27. The van der Waals surface area contributed by atoms with Crippen LogP contribution in [0, 0.1) is 0 Å². The van der Waals surface area contributed by atoms with Crippen molar-refractivity contribution in [2.24, 2.45) is 0 Å². The van der Waals surface area contributed by atoms with E-state index in [9.17, 15) is 5.11 Å². The van der Waals surface area contributed by atoms with Crippen LogP contribution < -0.4 is 0 Å². The average Bonchev–Trinajstić information content (AvgIpc) is 2.55. The molecule has 12 heavy (non-hydrogen) atoms. The fraction of sp³-hybridized carbons (Fsp3) is 0.273. The van der Waals surface area contributed by atoms with E-state index >= 15 is 0 Å². The van der Waals surface area contributed by atoms with Gasteiger partial charge in [-0.3, -0.25) is 0 Å². The zero-order chi connectivity index (χ0) is 8.44. The molecule has 0 aliphatic heterocycles. The molecule has 1 aromatic rings. The molecule has 1 nitrogen and oxygen atoms in total. The summed E-state index contributed by atoms with van der Waals surface area (Å²) in [4.78, 5) is 0. The van der Waals surface area contributed by atoms with Crippen LogP contribution in [0.3, 0.4) is 0 Å². The maximum atomic E-state index is 10.1. The molecule has 0 saturated heterocycles. The molecule has 1 aliphatic carbocycles. The highest BCUT2D eigenvalue weighted by atomic mass is 16.3. The molecule has 0 radical (unpaired) electrons. The fourth-order valence-corrected chi connectivity index (χ4v) is 1.63. The number of benzene rings is 1. The molecule has 1 aromatic carbocycles. The molecule has 1 heteroatoms. The first-order chi connectivity index (χ1) is 5.81. The van der Waals surface area contributed by atoms with Gasteiger partial charge in [-0.25, -0.2) is 0 Å². The molecule has 0 aromatic heterocycles. The second-order valence-corrected chi connectivity index (χ2v) is 3.23. The summed E-state index contributed by atoms with van der Waals surface area (Å²) in [6.45, 7) is 0. The topological polar surface area (TPSA) is 20.2 Å². The Hall–Kier alpha value is -1.08. The zero-order valence-electron chi connectivity index (χ0n) is 6.90. The van der Waals surface area contributed by atoms with Crippen LogP contribution in [-0.2, 0) is 5.60 Å². The van der Waals surface area contributed by atoms with Crippen molar-refractivity contribution in [3.63, 3.8) is 0 Å². The molecule has 1 aliphatic rings. The maximum Gasteiger partial charge on any atom is 0.108 e. The summed E-state index contributed by atoms with van der Waals surface area (Å²) < 4.78 is 0. The van der Waals surface area contributed by atoms with Gasteiger partial charge in [-0.1, -0.05) is 42.5 Å². The number of hydrogen-bond acceptors (Lipinski definition) is 1. The van der Waals surface area contributed by atoms with E-state index in [0.717, 1.165) is 18.4 Å². The van der Waals surface area contributed by atoms with Gasteiger partial charge in [-0.15, -0.1) is 0 Å². The Balaban J connectivity index is 2.36. The van der Waals surface area contributed by atoms with E-state index in [-0.39, 0.29) is 0 Å². The predicted molar refractivity (Wildman–Crippen MR) is 48.7 cm³/mol. The van der Waals surface area contributed by atoms with Crippen LogP contribution in [0.25, 0.3) is 0 Å². The van der Waals surface area contributed by atoms with Gasteiger partial charge in [-0.2, -0.15) is 0 Å². The van der Waals surface area contributed by atoms with E-state index < -0.39 is 5.60 Å². The molecule has 0 bridgehead atoms. The summed E-state index contributed by atoms with van der Waals surface area (Å²) in [5.74, 6) is 0. The smallest absolute Gasteiger partial charge is 0.108 e. The summed E-state index contributed by atoms with van der Waals surface area (Å²) in [6.07, 6.45) is 5.72. The third kappa shape index (κ3) is 1.16. The molecule has 0 heterocycles. The summed E-state index contributed by atoms with van der Waals surface area (Å²) in [5.41, 5.74) is 0.306. The Morgan fingerprint density at radius 2 is 1.92 bits per heavy atom. The molecular weight excluding hydrogens is 148 g/mol. The van der Waals surface area contributed by atoms with E-state index in [1.165, 1.54) is 0 Å². The molecule has 1 unspecified atom stereocenters. The van der Waals surface area contributed by atoms with E-state index in [2.05, 4.69) is 0 Å². The van der Waals surface area contributed by atoms with Gasteiger partial charge in [0.15, 0.2) is 0 Å². The van der Waals surface area contributed by atoms with Gasteiger partial charge in [0.25, 0.3) is 0 Å². The van der Waals surface area contributed by atoms with E-state index in [1.807, 2.05) is 42.5 Å². The monoisotopic (exact) mass is 160 g/mol. The molecule has 2 rings (SSSR count). The fourth-order valence-electron chi connectivity index (χ4n) is 1.63. The van der Waals surface area contributed by atoms with Crippen molar-refractivity contribution in [3.05, 3.63) is 48.0 Å². The van der Waals surface area contributed by atoms with Crippen LogP contribution in [0.4, 0.5) is 0 Å². The van der Waals surface area contributed by atoms with Crippen molar-refractivity contribution in [1.29, 1.82) is 0 Å². The predicted octanol–water partition coefficient (Wildman–Crippen LogP) is 2.22. The van der Waals surface area contributed by atoms with Crippen LogP contribution in [-0.4, -0.2) is 5.11 Å². The summed E-state index contributed by atoms with van der Waals surface area (Å²) in [7, 11) is 0. The van der Waals surface area contributed by atoms with Gasteiger partial charge in [0.2, 0.25) is 0 Å². The van der Waals surface area contributed by atoms with E-state index in [4.69, 9.17) is 0 Å². The molecule has 62 valence electrons. The Labute approximate surface area is 72.4 Å². The van der Waals surface area contributed by atoms with Crippen molar-refractivity contribution >= 4 is 0 Å². The highest BCUT2D eigenvalue weighted by Crippen LogP contribution is 2.32. The van der Waals surface area contributed by atoms with Gasteiger partial charge in [0, 0.05) is 0 Å². The molecule has 0 saturated carbocycles. The van der Waals surface area contributed by atoms with Gasteiger partial charge < -0.3 is 5.11 Å². The minimum atomic E-state index is -0.693. The summed E-state index contributed by atoms with van der Waals surface area (Å²) in [5, 5.41) is 10.1. The number of allylic oxidation sites excluding steroid dienone is 1. The summed E-state index contributed by atoms with van der Waals surface area (Å²) in [6, 6.07) is 9.82. The standard InChI is InChI=1S/C11H12O/c12-11(8-4-5-9-11)10-6-2-1-3-7-10/h1-4,6-8,12H,5,9H2.